The van der Waals surface area contributed by atoms with Crippen LogP contribution in [0.25, 0.3) is 0 Å². The van der Waals surface area contributed by atoms with Gasteiger partial charge in [0.25, 0.3) is 0 Å². The fraction of sp³-hybridized carbons (Fsp3) is 0.615. The van der Waals surface area contributed by atoms with Crippen LogP contribution in [0.2, 0.25) is 0 Å². The fourth-order valence-electron chi connectivity index (χ4n) is 2.10. The van der Waals surface area contributed by atoms with Crippen molar-refractivity contribution in [2.75, 3.05) is 0 Å². The summed E-state index contributed by atoms with van der Waals surface area (Å²) in [5.41, 5.74) is -0.545. The van der Waals surface area contributed by atoms with Crippen LogP contribution in [0.15, 0.2) is 24.7 Å². The molecule has 5 heteroatoms. The van der Waals surface area contributed by atoms with Gasteiger partial charge in [0.05, 0.1) is 12.7 Å². The average Bonchev–Trinajstić information content (AvgIpc) is 2.12. The van der Waals surface area contributed by atoms with Crippen LogP contribution in [0.4, 0.5) is 0 Å². The van der Waals surface area contributed by atoms with E-state index in [0.29, 0.717) is 11.5 Å². The number of hydrogen-bond acceptors (Lipinski definition) is 4. The molecule has 1 heterocycles. The first kappa shape index (κ1) is 16.7. The molecule has 5 nitrogen and oxygen atoms in total. The molecule has 0 fully saturated rings. The Morgan fingerprint density at radius 3 is 2.33 bits per heavy atom. The van der Waals surface area contributed by atoms with Crippen molar-refractivity contribution in [3.05, 3.63) is 24.7 Å². The number of carbonyl (C=O) groups excluding carboxylic acids is 1. The number of aliphatic carboxylic acids is 1. The molecule has 1 aliphatic rings. The molecule has 0 radical (unpaired) electrons. The van der Waals surface area contributed by atoms with Crippen molar-refractivity contribution in [3.8, 4) is 0 Å². The zero-order chi connectivity index (χ0) is 14.6. The van der Waals surface area contributed by atoms with Gasteiger partial charge in [-0.15, -0.1) is 0 Å². The number of hydrogen-bond donors (Lipinski definition) is 2. The second-order valence-corrected chi connectivity index (χ2v) is 5.52. The Bertz CT molecular complexity index is 341. The third-order valence-electron chi connectivity index (χ3n) is 2.62. The molecule has 0 aromatic heterocycles. The summed E-state index contributed by atoms with van der Waals surface area (Å²) in [6.07, 6.45) is 4.10. The molecule has 1 unspecified atom stereocenters. The van der Waals surface area contributed by atoms with Crippen LogP contribution in [0, 0.1) is 0 Å². The Morgan fingerprint density at radius 2 is 2.00 bits per heavy atom. The number of carbonyl (C=O) groups is 1. The summed E-state index contributed by atoms with van der Waals surface area (Å²) in [7, 11) is 0. The summed E-state index contributed by atoms with van der Waals surface area (Å²) >= 11 is 0. The van der Waals surface area contributed by atoms with Gasteiger partial charge in [-0.25, -0.2) is 5.21 Å². The summed E-state index contributed by atoms with van der Waals surface area (Å²) in [4.78, 5) is 8.89. The highest BCUT2D eigenvalue weighted by molar-refractivity contribution is 5.60. The van der Waals surface area contributed by atoms with Crippen molar-refractivity contribution in [2.24, 2.45) is 0 Å². The normalized spacial score (nSPS) is 24.1. The average molecular weight is 257 g/mol. The minimum absolute atomic E-state index is 0.226. The number of carboxylic acid groups (broad SMARTS) is 1. The van der Waals surface area contributed by atoms with Crippen LogP contribution < -0.4 is 10.2 Å². The van der Waals surface area contributed by atoms with Crippen LogP contribution in [-0.2, 0) is 9.53 Å². The number of rotatable bonds is 2. The Hall–Kier alpha value is -1.33. The van der Waals surface area contributed by atoms with E-state index >= 15 is 0 Å². The van der Waals surface area contributed by atoms with Gasteiger partial charge in [-0.2, -0.15) is 5.06 Å². The van der Waals surface area contributed by atoms with Gasteiger partial charge in [0.15, 0.2) is 0 Å². The van der Waals surface area contributed by atoms with E-state index in [-0.39, 0.29) is 11.1 Å². The maximum Gasteiger partial charge on any atom is 0.144 e. The number of quaternary nitrogens is 1. The summed E-state index contributed by atoms with van der Waals surface area (Å²) in [6, 6.07) is 0. The Kier molecular flexibility index (Phi) is 5.57. The first-order valence-electron chi connectivity index (χ1n) is 5.76. The highest BCUT2D eigenvalue weighted by Crippen LogP contribution is 2.23. The monoisotopic (exact) mass is 257 g/mol. The number of hydroxylamine groups is 2. The molecule has 0 spiro atoms. The maximum atomic E-state index is 10.0. The molecule has 0 bridgehead atoms. The zero-order valence-electron chi connectivity index (χ0n) is 11.7. The highest BCUT2D eigenvalue weighted by Gasteiger charge is 2.46. The van der Waals surface area contributed by atoms with E-state index in [1.165, 1.54) is 6.26 Å². The predicted molar refractivity (Wildman–Crippen MR) is 65.6 cm³/mol. The molecule has 0 saturated heterocycles. The Morgan fingerprint density at radius 1 is 1.56 bits per heavy atom. The zero-order valence-corrected chi connectivity index (χ0v) is 11.7. The number of nitrogens with one attached hydrogen (secondary N) is 1. The summed E-state index contributed by atoms with van der Waals surface area (Å²) in [5, 5.41) is 19.4. The van der Waals surface area contributed by atoms with Gasteiger partial charge in [-0.3, -0.25) is 0 Å². The molecule has 0 saturated carbocycles. The minimum Gasteiger partial charge on any atom is -0.550 e. The number of carboxylic acids is 1. The first-order chi connectivity index (χ1) is 8.03. The molecule has 104 valence electrons. The van der Waals surface area contributed by atoms with E-state index in [9.17, 15) is 5.21 Å². The molecule has 1 rings (SSSR count). The summed E-state index contributed by atoms with van der Waals surface area (Å²) in [5.74, 6) is -0.201. The molecule has 0 aromatic rings. The second-order valence-electron chi connectivity index (χ2n) is 5.52. The van der Waals surface area contributed by atoms with E-state index in [1.54, 1.807) is 0 Å². The topological polar surface area (TPSA) is 74.0 Å². The Balaban J connectivity index is 0.000000631. The standard InChI is InChI=1S/C11H19NO2.C2H4O2/c1-6-14-9-7-10(2,3)12(13)11(4,5)8-9;1-2(3)4/h6-7,13H,1,8H2,2-5H3;1H3,(H,3,4). The summed E-state index contributed by atoms with van der Waals surface area (Å²) < 4.78 is 5.30. The molecule has 18 heavy (non-hydrogen) atoms. The van der Waals surface area contributed by atoms with Crippen LogP contribution in [0.5, 0.6) is 0 Å². The molecule has 0 aliphatic carbocycles. The van der Waals surface area contributed by atoms with E-state index in [1.807, 2.05) is 33.8 Å². The van der Waals surface area contributed by atoms with Gasteiger partial charge in [0, 0.05) is 12.0 Å². The molecule has 2 N–H and O–H groups in total. The summed E-state index contributed by atoms with van der Waals surface area (Å²) in [6.45, 7) is 12.5. The molecular formula is C13H23NO4. The SMILES string of the molecule is C=COC1=CC(C)(C)[NH+](O)C(C)(C)C1.CC(=O)[O-]. The maximum absolute atomic E-state index is 10.0. The van der Waals surface area contributed by atoms with Crippen molar-refractivity contribution in [2.45, 2.75) is 52.1 Å². The van der Waals surface area contributed by atoms with E-state index in [0.717, 1.165) is 12.7 Å². The van der Waals surface area contributed by atoms with E-state index in [2.05, 4.69) is 6.58 Å². The molecular weight excluding hydrogens is 234 g/mol. The lowest BCUT2D eigenvalue weighted by atomic mass is 9.86. The number of ether oxygens (including phenoxy) is 1. The van der Waals surface area contributed by atoms with Crippen LogP contribution >= 0.6 is 0 Å². The predicted octanol–water partition coefficient (Wildman–Crippen LogP) is 0.0216. The molecule has 1 aliphatic heterocycles. The van der Waals surface area contributed by atoms with Gasteiger partial charge in [0.2, 0.25) is 0 Å². The largest absolute Gasteiger partial charge is 0.550 e. The molecule has 0 amide bonds. The quantitative estimate of drug-likeness (QED) is 0.684. The van der Waals surface area contributed by atoms with Crippen molar-refractivity contribution < 1.29 is 24.9 Å². The first-order valence-corrected chi connectivity index (χ1v) is 5.76. The third kappa shape index (κ3) is 4.89. The molecule has 0 aromatic carbocycles. The minimum atomic E-state index is -1.08. The van der Waals surface area contributed by atoms with Crippen molar-refractivity contribution in [1.82, 2.24) is 0 Å². The Labute approximate surface area is 108 Å². The van der Waals surface area contributed by atoms with E-state index < -0.39 is 5.97 Å². The van der Waals surface area contributed by atoms with Crippen LogP contribution in [0.1, 0.15) is 41.0 Å². The van der Waals surface area contributed by atoms with Gasteiger partial charge in [-0.05, 0) is 34.6 Å². The van der Waals surface area contributed by atoms with Gasteiger partial charge < -0.3 is 14.6 Å². The lowest BCUT2D eigenvalue weighted by molar-refractivity contribution is -1.16. The smallest absolute Gasteiger partial charge is 0.144 e. The lowest BCUT2D eigenvalue weighted by Crippen LogP contribution is -3.24. The molecule has 1 atom stereocenters. The third-order valence-corrected chi connectivity index (χ3v) is 2.62. The fourth-order valence-corrected chi connectivity index (χ4v) is 2.10. The van der Waals surface area contributed by atoms with Crippen molar-refractivity contribution in [3.63, 3.8) is 0 Å². The van der Waals surface area contributed by atoms with Crippen molar-refractivity contribution >= 4 is 5.97 Å². The van der Waals surface area contributed by atoms with Gasteiger partial charge >= 0.3 is 0 Å². The lowest BCUT2D eigenvalue weighted by Gasteiger charge is -2.41. The van der Waals surface area contributed by atoms with Gasteiger partial charge in [-0.1, -0.05) is 6.58 Å². The second kappa shape index (κ2) is 6.02. The van der Waals surface area contributed by atoms with Crippen LogP contribution in [-0.4, -0.2) is 22.3 Å². The van der Waals surface area contributed by atoms with Gasteiger partial charge in [0.1, 0.15) is 16.8 Å². The van der Waals surface area contributed by atoms with E-state index in [4.69, 9.17) is 14.6 Å². The van der Waals surface area contributed by atoms with Crippen LogP contribution in [0.3, 0.4) is 0 Å². The van der Waals surface area contributed by atoms with Crippen molar-refractivity contribution in [1.29, 1.82) is 0 Å². The highest BCUT2D eigenvalue weighted by atomic mass is 16.5.